The molecule has 0 atom stereocenters. The summed E-state index contributed by atoms with van der Waals surface area (Å²) in [6, 6.07) is 18.2. The van der Waals surface area contributed by atoms with Crippen LogP contribution in [0.4, 0.5) is 11.4 Å². The summed E-state index contributed by atoms with van der Waals surface area (Å²) < 4.78 is 0.903. The Labute approximate surface area is 153 Å². The molecule has 3 nitrogen and oxygen atoms in total. The maximum absolute atomic E-state index is 13.0. The first-order chi connectivity index (χ1) is 12.1. The van der Waals surface area contributed by atoms with Gasteiger partial charge in [-0.05, 0) is 46.6 Å². The monoisotopic (exact) mass is 391 g/mol. The summed E-state index contributed by atoms with van der Waals surface area (Å²) in [5, 5.41) is 3.29. The fourth-order valence-corrected chi connectivity index (χ4v) is 3.71. The Bertz CT molecular complexity index is 1040. The topological polar surface area (TPSA) is 46.2 Å². The van der Waals surface area contributed by atoms with Crippen molar-refractivity contribution < 1.29 is 9.59 Å². The fourth-order valence-electron chi connectivity index (χ4n) is 3.12. The molecule has 0 aliphatic heterocycles. The minimum Gasteiger partial charge on any atom is -0.354 e. The lowest BCUT2D eigenvalue weighted by Gasteiger charge is -2.21. The molecular formula is C21H14BrNO2. The summed E-state index contributed by atoms with van der Waals surface area (Å²) in [7, 11) is 0. The summed E-state index contributed by atoms with van der Waals surface area (Å²) in [5.74, 6) is -0.242. The van der Waals surface area contributed by atoms with Gasteiger partial charge in [-0.1, -0.05) is 42.5 Å². The number of nitrogens with one attached hydrogen (secondary N) is 1. The van der Waals surface area contributed by atoms with Gasteiger partial charge in [-0.25, -0.2) is 0 Å². The van der Waals surface area contributed by atoms with Gasteiger partial charge in [-0.15, -0.1) is 0 Å². The second-order valence-electron chi connectivity index (χ2n) is 6.04. The summed E-state index contributed by atoms with van der Waals surface area (Å²) in [4.78, 5) is 25.8. The average Bonchev–Trinajstić information content (AvgIpc) is 2.62. The van der Waals surface area contributed by atoms with E-state index in [1.54, 1.807) is 36.4 Å². The van der Waals surface area contributed by atoms with Crippen molar-refractivity contribution in [2.45, 2.75) is 6.92 Å². The van der Waals surface area contributed by atoms with Gasteiger partial charge in [0.2, 0.25) is 0 Å². The van der Waals surface area contributed by atoms with Crippen molar-refractivity contribution in [3.8, 4) is 0 Å². The zero-order chi connectivity index (χ0) is 17.6. The normalized spacial score (nSPS) is 12.6. The van der Waals surface area contributed by atoms with E-state index in [0.717, 1.165) is 15.7 Å². The molecule has 0 spiro atoms. The van der Waals surface area contributed by atoms with Crippen molar-refractivity contribution in [3.63, 3.8) is 0 Å². The van der Waals surface area contributed by atoms with Gasteiger partial charge >= 0.3 is 0 Å². The number of hydrogen-bond acceptors (Lipinski definition) is 3. The van der Waals surface area contributed by atoms with Crippen LogP contribution in [-0.4, -0.2) is 11.6 Å². The predicted octanol–water partition coefficient (Wildman–Crippen LogP) is 5.28. The van der Waals surface area contributed by atoms with Gasteiger partial charge < -0.3 is 5.32 Å². The summed E-state index contributed by atoms with van der Waals surface area (Å²) >= 11 is 3.54. The zero-order valence-corrected chi connectivity index (χ0v) is 15.1. The first-order valence-electron chi connectivity index (χ1n) is 7.91. The number of rotatable bonds is 2. The first kappa shape index (κ1) is 15.8. The highest BCUT2D eigenvalue weighted by Crippen LogP contribution is 2.35. The maximum Gasteiger partial charge on any atom is 0.196 e. The highest BCUT2D eigenvalue weighted by molar-refractivity contribution is 9.10. The highest BCUT2D eigenvalue weighted by Gasteiger charge is 2.31. The average molecular weight is 392 g/mol. The molecule has 0 heterocycles. The third kappa shape index (κ3) is 2.59. The largest absolute Gasteiger partial charge is 0.354 e. The zero-order valence-electron chi connectivity index (χ0n) is 13.5. The Kier molecular flexibility index (Phi) is 3.77. The quantitative estimate of drug-likeness (QED) is 0.505. The lowest BCUT2D eigenvalue weighted by Crippen LogP contribution is -2.22. The molecule has 0 saturated heterocycles. The lowest BCUT2D eigenvalue weighted by atomic mass is 9.83. The second kappa shape index (κ2) is 5.97. The standard InChI is InChI=1S/C21H14BrNO2/c1-12-9-10-17(16(22)11-12)23-18-8-4-7-15-19(18)21(25)14-6-3-2-5-13(14)20(15)24/h2-11,23H,1H3. The Morgan fingerprint density at radius 1 is 0.760 bits per heavy atom. The summed E-state index contributed by atoms with van der Waals surface area (Å²) in [5.41, 5.74) is 4.40. The Hall–Kier alpha value is -2.72. The number of ketones is 2. The molecule has 122 valence electrons. The smallest absolute Gasteiger partial charge is 0.196 e. The SMILES string of the molecule is Cc1ccc(Nc2cccc3c2C(=O)c2ccccc2C3=O)c(Br)c1. The minimum absolute atomic E-state index is 0.114. The minimum atomic E-state index is -0.128. The van der Waals surface area contributed by atoms with Gasteiger partial charge in [0.05, 0.1) is 16.9 Å². The number of carbonyl (C=O) groups excluding carboxylic acids is 2. The predicted molar refractivity (Wildman–Crippen MR) is 102 cm³/mol. The Balaban J connectivity index is 1.85. The van der Waals surface area contributed by atoms with Gasteiger partial charge in [-0.3, -0.25) is 9.59 Å². The molecular weight excluding hydrogens is 378 g/mol. The molecule has 3 aromatic rings. The number of halogens is 1. The van der Waals surface area contributed by atoms with Gasteiger partial charge in [0, 0.05) is 21.2 Å². The number of fused-ring (bicyclic) bond motifs is 2. The van der Waals surface area contributed by atoms with Crippen LogP contribution >= 0.6 is 15.9 Å². The van der Waals surface area contributed by atoms with E-state index >= 15 is 0 Å². The van der Waals surface area contributed by atoms with Crippen LogP contribution in [-0.2, 0) is 0 Å². The van der Waals surface area contributed by atoms with Crippen LogP contribution in [0.3, 0.4) is 0 Å². The summed E-state index contributed by atoms with van der Waals surface area (Å²) in [6.07, 6.45) is 0. The second-order valence-corrected chi connectivity index (χ2v) is 6.89. The molecule has 1 aliphatic carbocycles. The van der Waals surface area contributed by atoms with E-state index in [0.29, 0.717) is 27.9 Å². The molecule has 0 bridgehead atoms. The van der Waals surface area contributed by atoms with E-state index in [-0.39, 0.29) is 11.6 Å². The molecule has 0 amide bonds. The molecule has 0 aromatic heterocycles. The van der Waals surface area contributed by atoms with E-state index in [4.69, 9.17) is 0 Å². The lowest BCUT2D eigenvalue weighted by molar-refractivity contribution is 0.0979. The van der Waals surface area contributed by atoms with Crippen molar-refractivity contribution in [2.75, 3.05) is 5.32 Å². The molecule has 25 heavy (non-hydrogen) atoms. The third-order valence-corrected chi connectivity index (χ3v) is 5.00. The van der Waals surface area contributed by atoms with Gasteiger partial charge in [0.15, 0.2) is 11.6 Å². The molecule has 4 rings (SSSR count). The van der Waals surface area contributed by atoms with Crippen molar-refractivity contribution in [3.05, 3.63) is 93.0 Å². The van der Waals surface area contributed by atoms with Crippen molar-refractivity contribution >= 4 is 38.9 Å². The van der Waals surface area contributed by atoms with E-state index in [1.807, 2.05) is 31.2 Å². The fraction of sp³-hybridized carbons (Fsp3) is 0.0476. The van der Waals surface area contributed by atoms with E-state index < -0.39 is 0 Å². The maximum atomic E-state index is 13.0. The van der Waals surface area contributed by atoms with Crippen LogP contribution in [0.15, 0.2) is 65.1 Å². The molecule has 1 aliphatic rings. The van der Waals surface area contributed by atoms with Crippen molar-refractivity contribution in [1.29, 1.82) is 0 Å². The number of carbonyl (C=O) groups is 2. The van der Waals surface area contributed by atoms with Crippen LogP contribution in [0.1, 0.15) is 37.4 Å². The van der Waals surface area contributed by atoms with E-state index in [9.17, 15) is 9.59 Å². The molecule has 3 aromatic carbocycles. The van der Waals surface area contributed by atoms with Crippen LogP contribution in [0, 0.1) is 6.92 Å². The number of anilines is 2. The summed E-state index contributed by atoms with van der Waals surface area (Å²) in [6.45, 7) is 2.01. The third-order valence-electron chi connectivity index (χ3n) is 4.35. The van der Waals surface area contributed by atoms with E-state index in [2.05, 4.69) is 21.2 Å². The molecule has 0 unspecified atom stereocenters. The van der Waals surface area contributed by atoms with E-state index in [1.165, 1.54) is 0 Å². The number of aryl methyl sites for hydroxylation is 1. The van der Waals surface area contributed by atoms with Crippen LogP contribution in [0.25, 0.3) is 0 Å². The van der Waals surface area contributed by atoms with Crippen LogP contribution in [0.2, 0.25) is 0 Å². The van der Waals surface area contributed by atoms with Gasteiger partial charge in [0.1, 0.15) is 0 Å². The molecule has 4 heteroatoms. The number of benzene rings is 3. The Morgan fingerprint density at radius 2 is 1.44 bits per heavy atom. The van der Waals surface area contributed by atoms with Gasteiger partial charge in [0.25, 0.3) is 0 Å². The van der Waals surface area contributed by atoms with Crippen molar-refractivity contribution in [2.24, 2.45) is 0 Å². The highest BCUT2D eigenvalue weighted by atomic mass is 79.9. The molecule has 0 saturated carbocycles. The molecule has 0 fully saturated rings. The first-order valence-corrected chi connectivity index (χ1v) is 8.70. The number of hydrogen-bond donors (Lipinski definition) is 1. The molecule has 0 radical (unpaired) electrons. The van der Waals surface area contributed by atoms with Gasteiger partial charge in [-0.2, -0.15) is 0 Å². The van der Waals surface area contributed by atoms with Crippen LogP contribution < -0.4 is 5.32 Å². The van der Waals surface area contributed by atoms with Crippen LogP contribution in [0.5, 0.6) is 0 Å². The van der Waals surface area contributed by atoms with Crippen molar-refractivity contribution in [1.82, 2.24) is 0 Å². The molecule has 1 N–H and O–H groups in total. The Morgan fingerprint density at radius 3 is 2.16 bits per heavy atom.